The molecule has 168 valence electrons. The summed E-state index contributed by atoms with van der Waals surface area (Å²) in [4.78, 5) is 12.7. The Morgan fingerprint density at radius 3 is 2.42 bits per heavy atom. The predicted molar refractivity (Wildman–Crippen MR) is 151 cm³/mol. The van der Waals surface area contributed by atoms with Crippen LogP contribution >= 0.6 is 68.4 Å². The fourth-order valence-electron chi connectivity index (χ4n) is 2.96. The SMILES string of the molecule is Cc1ccc(C)c(NC(=O)/C(C#N)=C/c2cc(I)c(OCc3ccc(Cl)cc3Cl)c(I)c2)c1. The molecule has 0 aromatic heterocycles. The van der Waals surface area contributed by atoms with E-state index in [1.807, 2.05) is 56.3 Å². The zero-order valence-corrected chi connectivity index (χ0v) is 23.5. The van der Waals surface area contributed by atoms with Crippen molar-refractivity contribution in [1.29, 1.82) is 5.26 Å². The maximum atomic E-state index is 12.7. The summed E-state index contributed by atoms with van der Waals surface area (Å²) in [7, 11) is 0. The first-order valence-electron chi connectivity index (χ1n) is 9.74. The minimum Gasteiger partial charge on any atom is -0.487 e. The molecular weight excluding hydrogens is 685 g/mol. The minimum absolute atomic E-state index is 0.0177. The largest absolute Gasteiger partial charge is 0.487 e. The molecule has 0 saturated carbocycles. The number of nitriles is 1. The Balaban J connectivity index is 1.80. The third kappa shape index (κ3) is 6.85. The highest BCUT2D eigenvalue weighted by molar-refractivity contribution is 14.1. The fourth-order valence-corrected chi connectivity index (χ4v) is 5.56. The van der Waals surface area contributed by atoms with E-state index in [1.54, 1.807) is 18.2 Å². The molecular formula is C25H18Cl2I2N2O2. The first kappa shape index (κ1) is 25.8. The number of amides is 1. The van der Waals surface area contributed by atoms with Gasteiger partial charge in [-0.25, -0.2) is 0 Å². The Kier molecular flexibility index (Phi) is 9.04. The van der Waals surface area contributed by atoms with E-state index in [0.29, 0.717) is 28.1 Å². The van der Waals surface area contributed by atoms with Crippen LogP contribution in [0.25, 0.3) is 6.08 Å². The van der Waals surface area contributed by atoms with Gasteiger partial charge in [0.25, 0.3) is 5.91 Å². The Bertz CT molecular complexity index is 1280. The van der Waals surface area contributed by atoms with Crippen molar-refractivity contribution in [2.45, 2.75) is 20.5 Å². The van der Waals surface area contributed by atoms with Crippen molar-refractivity contribution in [3.63, 3.8) is 0 Å². The van der Waals surface area contributed by atoms with E-state index < -0.39 is 5.91 Å². The number of hydrogen-bond donors (Lipinski definition) is 1. The molecule has 0 aliphatic rings. The van der Waals surface area contributed by atoms with E-state index in [9.17, 15) is 10.1 Å². The summed E-state index contributed by atoms with van der Waals surface area (Å²) < 4.78 is 7.70. The van der Waals surface area contributed by atoms with Crippen molar-refractivity contribution >= 4 is 86.1 Å². The number of ether oxygens (including phenoxy) is 1. The number of benzene rings is 3. The maximum absolute atomic E-state index is 12.7. The second kappa shape index (κ2) is 11.6. The van der Waals surface area contributed by atoms with Crippen LogP contribution in [0.5, 0.6) is 5.75 Å². The number of rotatable bonds is 6. The second-order valence-corrected chi connectivity index (χ2v) is 10.4. The summed E-state index contributed by atoms with van der Waals surface area (Å²) in [6.07, 6.45) is 1.57. The standard InChI is InChI=1S/C25H18Cl2I2N2O2/c1-14-3-4-15(2)23(7-14)31-25(32)18(12-30)8-16-9-21(28)24(22(29)10-16)33-13-17-5-6-19(26)11-20(17)27/h3-11H,13H2,1-2H3,(H,31,32)/b18-8+. The lowest BCUT2D eigenvalue weighted by Gasteiger charge is -2.13. The van der Waals surface area contributed by atoms with Crippen LogP contribution < -0.4 is 10.1 Å². The van der Waals surface area contributed by atoms with Gasteiger partial charge in [-0.3, -0.25) is 4.79 Å². The summed E-state index contributed by atoms with van der Waals surface area (Å²) in [5.74, 6) is 0.256. The van der Waals surface area contributed by atoms with E-state index in [4.69, 9.17) is 27.9 Å². The molecule has 1 N–H and O–H groups in total. The van der Waals surface area contributed by atoms with Gasteiger partial charge in [-0.2, -0.15) is 5.26 Å². The predicted octanol–water partition coefficient (Wildman–Crippen LogP) is 7.94. The monoisotopic (exact) mass is 702 g/mol. The lowest BCUT2D eigenvalue weighted by Crippen LogP contribution is -2.14. The van der Waals surface area contributed by atoms with Gasteiger partial charge in [0.05, 0.1) is 7.14 Å². The number of nitrogens with zero attached hydrogens (tertiary/aromatic N) is 1. The van der Waals surface area contributed by atoms with Crippen LogP contribution in [0, 0.1) is 32.3 Å². The van der Waals surface area contributed by atoms with Gasteiger partial charge in [0.1, 0.15) is 24.0 Å². The van der Waals surface area contributed by atoms with Gasteiger partial charge in [0.2, 0.25) is 0 Å². The van der Waals surface area contributed by atoms with Crippen LogP contribution in [0.4, 0.5) is 5.69 Å². The number of carbonyl (C=O) groups excluding carboxylic acids is 1. The number of anilines is 1. The number of halogens is 4. The van der Waals surface area contributed by atoms with Crippen molar-refractivity contribution in [1.82, 2.24) is 0 Å². The minimum atomic E-state index is -0.450. The molecule has 3 rings (SSSR count). The Hall–Kier alpha value is -1.80. The lowest BCUT2D eigenvalue weighted by molar-refractivity contribution is -0.112. The quantitative estimate of drug-likeness (QED) is 0.161. The van der Waals surface area contributed by atoms with Crippen LogP contribution in [-0.4, -0.2) is 5.91 Å². The van der Waals surface area contributed by atoms with Gasteiger partial charge < -0.3 is 10.1 Å². The van der Waals surface area contributed by atoms with Gasteiger partial charge in [-0.05, 0) is 112 Å². The summed E-state index contributed by atoms with van der Waals surface area (Å²) in [5, 5.41) is 13.5. The van der Waals surface area contributed by atoms with Gasteiger partial charge in [0, 0.05) is 21.3 Å². The zero-order valence-electron chi connectivity index (χ0n) is 17.7. The van der Waals surface area contributed by atoms with Crippen LogP contribution in [0.1, 0.15) is 22.3 Å². The van der Waals surface area contributed by atoms with E-state index >= 15 is 0 Å². The molecule has 8 heteroatoms. The molecule has 3 aromatic carbocycles. The van der Waals surface area contributed by atoms with Crippen molar-refractivity contribution in [3.05, 3.63) is 93.5 Å². The molecule has 0 fully saturated rings. The number of hydrogen-bond acceptors (Lipinski definition) is 3. The first-order valence-corrected chi connectivity index (χ1v) is 12.7. The molecule has 33 heavy (non-hydrogen) atoms. The molecule has 0 atom stereocenters. The van der Waals surface area contributed by atoms with Gasteiger partial charge >= 0.3 is 0 Å². The second-order valence-electron chi connectivity index (χ2n) is 7.28. The fraction of sp³-hybridized carbons (Fsp3) is 0.120. The molecule has 4 nitrogen and oxygen atoms in total. The number of nitrogens with one attached hydrogen (secondary N) is 1. The van der Waals surface area contributed by atoms with Crippen molar-refractivity contribution < 1.29 is 9.53 Å². The number of carbonyl (C=O) groups is 1. The maximum Gasteiger partial charge on any atom is 0.266 e. The average Bonchev–Trinajstić information content (AvgIpc) is 2.75. The highest BCUT2D eigenvalue weighted by atomic mass is 127. The highest BCUT2D eigenvalue weighted by Crippen LogP contribution is 2.31. The van der Waals surface area contributed by atoms with Crippen molar-refractivity contribution in [3.8, 4) is 11.8 Å². The van der Waals surface area contributed by atoms with E-state index in [0.717, 1.165) is 29.4 Å². The molecule has 0 bridgehead atoms. The molecule has 1 amide bonds. The number of aryl methyl sites for hydroxylation is 2. The summed E-state index contributed by atoms with van der Waals surface area (Å²) in [5.41, 5.74) is 4.22. The zero-order chi connectivity index (χ0) is 24.1. The van der Waals surface area contributed by atoms with Crippen LogP contribution in [0.15, 0.2) is 54.1 Å². The highest BCUT2D eigenvalue weighted by Gasteiger charge is 2.14. The first-order chi connectivity index (χ1) is 15.7. The Morgan fingerprint density at radius 2 is 1.79 bits per heavy atom. The summed E-state index contributed by atoms with van der Waals surface area (Å²) >= 11 is 16.5. The van der Waals surface area contributed by atoms with Crippen LogP contribution in [0.3, 0.4) is 0 Å². The third-order valence-electron chi connectivity index (χ3n) is 4.73. The van der Waals surface area contributed by atoms with Crippen LogP contribution in [0.2, 0.25) is 10.0 Å². The van der Waals surface area contributed by atoms with Crippen molar-refractivity contribution in [2.75, 3.05) is 5.32 Å². The molecule has 0 radical (unpaired) electrons. The van der Waals surface area contributed by atoms with E-state index in [1.165, 1.54) is 0 Å². The average molecular weight is 703 g/mol. The normalized spacial score (nSPS) is 11.1. The van der Waals surface area contributed by atoms with E-state index in [2.05, 4.69) is 50.5 Å². The smallest absolute Gasteiger partial charge is 0.266 e. The lowest BCUT2D eigenvalue weighted by atomic mass is 10.1. The molecule has 0 spiro atoms. The van der Waals surface area contributed by atoms with E-state index in [-0.39, 0.29) is 5.57 Å². The van der Waals surface area contributed by atoms with Gasteiger partial charge in [0.15, 0.2) is 0 Å². The van der Waals surface area contributed by atoms with Crippen molar-refractivity contribution in [2.24, 2.45) is 0 Å². The van der Waals surface area contributed by atoms with Gasteiger partial charge in [-0.15, -0.1) is 0 Å². The molecule has 0 aliphatic heterocycles. The topological polar surface area (TPSA) is 62.1 Å². The summed E-state index contributed by atoms with van der Waals surface area (Å²) in [6.45, 7) is 4.15. The van der Waals surface area contributed by atoms with Crippen LogP contribution in [-0.2, 0) is 11.4 Å². The molecule has 0 heterocycles. The molecule has 0 unspecified atom stereocenters. The van der Waals surface area contributed by atoms with Gasteiger partial charge in [-0.1, -0.05) is 41.4 Å². The Labute approximate surface area is 230 Å². The molecule has 0 aliphatic carbocycles. The third-order valence-corrected chi connectivity index (χ3v) is 6.91. The molecule has 3 aromatic rings. The summed E-state index contributed by atoms with van der Waals surface area (Å²) in [6, 6.07) is 16.8. The molecule has 0 saturated heterocycles. The Morgan fingerprint density at radius 1 is 1.09 bits per heavy atom.